The van der Waals surface area contributed by atoms with Crippen molar-refractivity contribution in [3.05, 3.63) is 42.0 Å². The van der Waals surface area contributed by atoms with Gasteiger partial charge in [0.1, 0.15) is 10.3 Å². The van der Waals surface area contributed by atoms with Crippen LogP contribution in [0.25, 0.3) is 10.3 Å². The van der Waals surface area contributed by atoms with Crippen LogP contribution in [0.1, 0.15) is 18.4 Å². The van der Waals surface area contributed by atoms with E-state index in [0.717, 1.165) is 35.1 Å². The number of aromatic nitrogens is 2. The fraction of sp³-hybridized carbons (Fsp3) is 0.368. The van der Waals surface area contributed by atoms with Gasteiger partial charge in [0.2, 0.25) is 5.88 Å². The van der Waals surface area contributed by atoms with E-state index in [9.17, 15) is 0 Å². The molecule has 5 rings (SSSR count). The monoisotopic (exact) mass is 352 g/mol. The lowest BCUT2D eigenvalue weighted by atomic mass is 9.75. The average molecular weight is 352 g/mol. The number of hydrogen-bond acceptors (Lipinski definition) is 6. The molecule has 0 atom stereocenters. The fourth-order valence-corrected chi connectivity index (χ4v) is 5.10. The third-order valence-corrected chi connectivity index (χ3v) is 6.43. The van der Waals surface area contributed by atoms with Crippen LogP contribution in [0.3, 0.4) is 0 Å². The van der Waals surface area contributed by atoms with Gasteiger partial charge in [0, 0.05) is 23.7 Å². The minimum atomic E-state index is 0.241. The first kappa shape index (κ1) is 15.1. The van der Waals surface area contributed by atoms with Crippen LogP contribution in [-0.2, 0) is 5.41 Å². The lowest BCUT2D eigenvalue weighted by molar-refractivity contribution is 0.329. The summed E-state index contributed by atoms with van der Waals surface area (Å²) in [6, 6.07) is 12.7. The van der Waals surface area contributed by atoms with Gasteiger partial charge in [0.05, 0.1) is 7.11 Å². The summed E-state index contributed by atoms with van der Waals surface area (Å²) in [4.78, 5) is 12.7. The van der Waals surface area contributed by atoms with E-state index in [4.69, 9.17) is 9.72 Å². The molecule has 1 saturated heterocycles. The number of piperidine rings is 1. The molecule has 0 unspecified atom stereocenters. The molecule has 0 bridgehead atoms. The molecule has 1 aromatic carbocycles. The van der Waals surface area contributed by atoms with Crippen molar-refractivity contribution in [2.75, 3.05) is 31.6 Å². The predicted octanol–water partition coefficient (Wildman–Crippen LogP) is 3.47. The van der Waals surface area contributed by atoms with Crippen LogP contribution in [0.2, 0.25) is 0 Å². The van der Waals surface area contributed by atoms with Crippen LogP contribution in [0.4, 0.5) is 10.8 Å². The summed E-state index contributed by atoms with van der Waals surface area (Å²) in [6.45, 7) is 3.17. The highest BCUT2D eigenvalue weighted by molar-refractivity contribution is 7.21. The van der Waals surface area contributed by atoms with Crippen molar-refractivity contribution in [2.24, 2.45) is 0 Å². The summed E-state index contributed by atoms with van der Waals surface area (Å²) in [6.07, 6.45) is 2.36. The van der Waals surface area contributed by atoms with E-state index in [2.05, 4.69) is 39.5 Å². The van der Waals surface area contributed by atoms with E-state index in [1.54, 1.807) is 18.4 Å². The quantitative estimate of drug-likeness (QED) is 0.765. The van der Waals surface area contributed by atoms with Crippen LogP contribution in [0, 0.1) is 0 Å². The highest BCUT2D eigenvalue weighted by Gasteiger charge is 2.44. The highest BCUT2D eigenvalue weighted by atomic mass is 32.1. The summed E-state index contributed by atoms with van der Waals surface area (Å²) < 4.78 is 5.25. The molecule has 6 heteroatoms. The Balaban J connectivity index is 1.60. The molecule has 1 spiro atoms. The number of methoxy groups -OCH3 is 1. The Hall–Kier alpha value is -2.18. The number of thiazole rings is 1. The van der Waals surface area contributed by atoms with E-state index in [1.807, 2.05) is 12.1 Å². The van der Waals surface area contributed by atoms with Gasteiger partial charge in [-0.25, -0.2) is 9.97 Å². The zero-order chi connectivity index (χ0) is 16.9. The van der Waals surface area contributed by atoms with Crippen LogP contribution >= 0.6 is 11.3 Å². The van der Waals surface area contributed by atoms with Gasteiger partial charge in [-0.2, -0.15) is 0 Å². The normalized spacial score (nSPS) is 18.7. The Kier molecular flexibility index (Phi) is 3.43. The van der Waals surface area contributed by atoms with Crippen molar-refractivity contribution in [1.82, 2.24) is 15.3 Å². The first-order chi connectivity index (χ1) is 12.3. The first-order valence-electron chi connectivity index (χ1n) is 8.68. The Bertz CT molecular complexity index is 932. The average Bonchev–Trinajstić information content (AvgIpc) is 3.22. The highest BCUT2D eigenvalue weighted by Crippen LogP contribution is 2.49. The van der Waals surface area contributed by atoms with Crippen LogP contribution < -0.4 is 15.0 Å². The second-order valence-electron chi connectivity index (χ2n) is 6.81. The molecule has 5 nitrogen and oxygen atoms in total. The van der Waals surface area contributed by atoms with Gasteiger partial charge in [0.25, 0.3) is 0 Å². The minimum absolute atomic E-state index is 0.241. The van der Waals surface area contributed by atoms with Gasteiger partial charge in [-0.1, -0.05) is 29.5 Å². The van der Waals surface area contributed by atoms with Gasteiger partial charge >= 0.3 is 0 Å². The fourth-order valence-electron chi connectivity index (χ4n) is 4.15. The predicted molar refractivity (Wildman–Crippen MR) is 101 cm³/mol. The van der Waals surface area contributed by atoms with Gasteiger partial charge in [0.15, 0.2) is 5.13 Å². The van der Waals surface area contributed by atoms with Gasteiger partial charge in [-0.3, -0.25) is 0 Å². The van der Waals surface area contributed by atoms with E-state index < -0.39 is 0 Å². The van der Waals surface area contributed by atoms with Crippen LogP contribution in [-0.4, -0.2) is 36.7 Å². The van der Waals surface area contributed by atoms with E-state index in [1.165, 1.54) is 24.1 Å². The summed E-state index contributed by atoms with van der Waals surface area (Å²) in [7, 11) is 1.65. The van der Waals surface area contributed by atoms with Crippen LogP contribution in [0.5, 0.6) is 5.88 Å². The summed E-state index contributed by atoms with van der Waals surface area (Å²) in [5.74, 6) is 0.638. The third kappa shape index (κ3) is 2.32. The van der Waals surface area contributed by atoms with Crippen molar-refractivity contribution in [3.8, 4) is 5.88 Å². The molecule has 0 aliphatic carbocycles. The number of fused-ring (bicyclic) bond motifs is 3. The molecule has 0 amide bonds. The van der Waals surface area contributed by atoms with E-state index in [0.29, 0.717) is 5.88 Å². The molecule has 0 saturated carbocycles. The number of ether oxygens (including phenoxy) is 1. The number of nitrogens with zero attached hydrogens (tertiary/aromatic N) is 3. The number of para-hydroxylation sites is 1. The molecule has 1 N–H and O–H groups in total. The maximum absolute atomic E-state index is 5.25. The lowest BCUT2D eigenvalue weighted by Crippen LogP contribution is -2.42. The zero-order valence-electron chi connectivity index (χ0n) is 14.2. The molecule has 0 radical (unpaired) electrons. The maximum Gasteiger partial charge on any atom is 0.214 e. The number of benzene rings is 1. The second kappa shape index (κ2) is 5.68. The number of pyridine rings is 1. The molecular formula is C19H20N4OS. The zero-order valence-corrected chi connectivity index (χ0v) is 15.0. The molecule has 128 valence electrons. The number of anilines is 2. The Labute approximate surface area is 150 Å². The third-order valence-electron chi connectivity index (χ3n) is 5.45. The topological polar surface area (TPSA) is 50.3 Å². The maximum atomic E-state index is 5.25. The molecule has 2 aromatic heterocycles. The van der Waals surface area contributed by atoms with Crippen molar-refractivity contribution in [2.45, 2.75) is 18.3 Å². The molecule has 1 fully saturated rings. The van der Waals surface area contributed by atoms with Crippen molar-refractivity contribution >= 4 is 32.5 Å². The van der Waals surface area contributed by atoms with Gasteiger partial charge in [-0.15, -0.1) is 0 Å². The van der Waals surface area contributed by atoms with Crippen molar-refractivity contribution in [1.29, 1.82) is 0 Å². The Morgan fingerprint density at radius 1 is 1.12 bits per heavy atom. The van der Waals surface area contributed by atoms with Crippen LogP contribution in [0.15, 0.2) is 36.4 Å². The molecular weight excluding hydrogens is 332 g/mol. The number of hydrogen-bond donors (Lipinski definition) is 1. The van der Waals surface area contributed by atoms with Gasteiger partial charge < -0.3 is 15.0 Å². The van der Waals surface area contributed by atoms with Crippen molar-refractivity contribution < 1.29 is 4.74 Å². The standard InChI is InChI=1S/C19H20N4OS/c1-24-16-7-6-14-17(22-16)25-18(21-14)23-12-19(8-10-20-11-9-19)13-4-2-3-5-15(13)23/h2-7,20H,8-12H2,1H3. The van der Waals surface area contributed by atoms with E-state index in [-0.39, 0.29) is 5.41 Å². The summed E-state index contributed by atoms with van der Waals surface area (Å²) in [5.41, 5.74) is 3.95. The largest absolute Gasteiger partial charge is 0.481 e. The molecule has 3 aromatic rings. The number of rotatable bonds is 2. The second-order valence-corrected chi connectivity index (χ2v) is 7.76. The summed E-state index contributed by atoms with van der Waals surface area (Å²) >= 11 is 1.64. The smallest absolute Gasteiger partial charge is 0.214 e. The Morgan fingerprint density at radius 2 is 1.96 bits per heavy atom. The van der Waals surface area contributed by atoms with Crippen molar-refractivity contribution in [3.63, 3.8) is 0 Å². The SMILES string of the molecule is COc1ccc2nc(N3CC4(CCNCC4)c4ccccc43)sc2n1. The number of nitrogens with one attached hydrogen (secondary N) is 1. The Morgan fingerprint density at radius 3 is 2.80 bits per heavy atom. The lowest BCUT2D eigenvalue weighted by Gasteiger charge is -2.34. The molecule has 2 aliphatic rings. The molecule has 4 heterocycles. The molecule has 2 aliphatic heterocycles. The molecule has 25 heavy (non-hydrogen) atoms. The van der Waals surface area contributed by atoms with Gasteiger partial charge in [-0.05, 0) is 43.6 Å². The summed E-state index contributed by atoms with van der Waals surface area (Å²) in [5, 5.41) is 4.53. The minimum Gasteiger partial charge on any atom is -0.481 e. The first-order valence-corrected chi connectivity index (χ1v) is 9.50. The van der Waals surface area contributed by atoms with E-state index >= 15 is 0 Å².